The van der Waals surface area contributed by atoms with Gasteiger partial charge in [-0.25, -0.2) is 0 Å². The summed E-state index contributed by atoms with van der Waals surface area (Å²) in [5.74, 6) is 1.27. The predicted molar refractivity (Wildman–Crippen MR) is 69.0 cm³/mol. The normalized spacial score (nSPS) is 21.5. The number of primary amides is 1. The van der Waals surface area contributed by atoms with Crippen molar-refractivity contribution < 1.29 is 14.3 Å². The number of rotatable bonds is 4. The maximum absolute atomic E-state index is 11.5. The van der Waals surface area contributed by atoms with Crippen LogP contribution in [0.25, 0.3) is 0 Å². The van der Waals surface area contributed by atoms with E-state index in [2.05, 4.69) is 6.92 Å². The Morgan fingerprint density at radius 1 is 1.33 bits per heavy atom. The molecule has 1 aromatic rings. The molecule has 2 N–H and O–H groups in total. The summed E-state index contributed by atoms with van der Waals surface area (Å²) < 4.78 is 10.6. The lowest BCUT2D eigenvalue weighted by atomic mass is 9.90. The third kappa shape index (κ3) is 1.92. The van der Waals surface area contributed by atoms with E-state index in [1.807, 2.05) is 12.1 Å². The molecular formula is C14H19NO3. The van der Waals surface area contributed by atoms with E-state index < -0.39 is 0 Å². The van der Waals surface area contributed by atoms with Crippen molar-refractivity contribution in [2.75, 3.05) is 14.2 Å². The molecule has 2 unspecified atom stereocenters. The largest absolute Gasteiger partial charge is 0.493 e. The highest BCUT2D eigenvalue weighted by Crippen LogP contribution is 2.44. The molecule has 0 aromatic heterocycles. The summed E-state index contributed by atoms with van der Waals surface area (Å²) in [7, 11) is 3.23. The van der Waals surface area contributed by atoms with Crippen molar-refractivity contribution in [2.24, 2.45) is 11.7 Å². The number of carbonyl (C=O) groups excluding carboxylic acids is 1. The van der Waals surface area contributed by atoms with Crippen LogP contribution in [0.15, 0.2) is 12.1 Å². The molecule has 2 rings (SSSR count). The van der Waals surface area contributed by atoms with Gasteiger partial charge in [-0.3, -0.25) is 4.79 Å². The second kappa shape index (κ2) is 4.88. The highest BCUT2D eigenvalue weighted by Gasteiger charge is 2.35. The second-order valence-electron chi connectivity index (χ2n) is 4.63. The van der Waals surface area contributed by atoms with E-state index in [0.717, 1.165) is 12.0 Å². The number of benzene rings is 1. The third-order valence-electron chi connectivity index (χ3n) is 3.78. The predicted octanol–water partition coefficient (Wildman–Crippen LogP) is 1.85. The highest BCUT2D eigenvalue weighted by molar-refractivity contribution is 5.79. The molecule has 0 heterocycles. The lowest BCUT2D eigenvalue weighted by molar-refractivity contribution is -0.122. The molecule has 0 saturated carbocycles. The highest BCUT2D eigenvalue weighted by atomic mass is 16.5. The number of carbonyl (C=O) groups is 1. The van der Waals surface area contributed by atoms with E-state index in [1.54, 1.807) is 14.2 Å². The third-order valence-corrected chi connectivity index (χ3v) is 3.78. The first kappa shape index (κ1) is 12.7. The first-order chi connectivity index (χ1) is 8.62. The summed E-state index contributed by atoms with van der Waals surface area (Å²) in [5, 5.41) is 0. The Bertz CT molecular complexity index is 470. The van der Waals surface area contributed by atoms with Gasteiger partial charge in [-0.05, 0) is 42.0 Å². The molecule has 4 nitrogen and oxygen atoms in total. The van der Waals surface area contributed by atoms with E-state index in [-0.39, 0.29) is 17.7 Å². The Kier molecular flexibility index (Phi) is 3.45. The fourth-order valence-corrected chi connectivity index (χ4v) is 2.86. The maximum atomic E-state index is 11.5. The summed E-state index contributed by atoms with van der Waals surface area (Å²) in [6.45, 7) is 2.08. The van der Waals surface area contributed by atoms with Gasteiger partial charge in [0.25, 0.3) is 0 Å². The van der Waals surface area contributed by atoms with Gasteiger partial charge in [0.05, 0.1) is 14.2 Å². The average molecular weight is 249 g/mol. The zero-order chi connectivity index (χ0) is 13.3. The van der Waals surface area contributed by atoms with Gasteiger partial charge in [0.15, 0.2) is 11.5 Å². The minimum atomic E-state index is -0.226. The molecule has 98 valence electrons. The van der Waals surface area contributed by atoms with Crippen LogP contribution in [0.5, 0.6) is 11.5 Å². The van der Waals surface area contributed by atoms with Gasteiger partial charge in [0.2, 0.25) is 5.91 Å². The summed E-state index contributed by atoms with van der Waals surface area (Å²) in [4.78, 5) is 11.5. The van der Waals surface area contributed by atoms with Gasteiger partial charge in [0.1, 0.15) is 0 Å². The van der Waals surface area contributed by atoms with Gasteiger partial charge >= 0.3 is 0 Å². The summed E-state index contributed by atoms with van der Waals surface area (Å²) in [6, 6.07) is 3.94. The van der Waals surface area contributed by atoms with Crippen LogP contribution >= 0.6 is 0 Å². The Labute approximate surface area is 107 Å². The number of fused-ring (bicyclic) bond motifs is 1. The van der Waals surface area contributed by atoms with E-state index in [9.17, 15) is 4.79 Å². The number of hydrogen-bond donors (Lipinski definition) is 1. The van der Waals surface area contributed by atoms with Crippen LogP contribution in [-0.4, -0.2) is 20.1 Å². The van der Waals surface area contributed by atoms with Crippen LogP contribution in [0.3, 0.4) is 0 Å². The molecule has 1 aliphatic carbocycles. The SMILES string of the molecule is CCC1c2cc(OC)c(OC)cc2CC1C(N)=O. The van der Waals surface area contributed by atoms with E-state index in [0.29, 0.717) is 17.9 Å². The van der Waals surface area contributed by atoms with Crippen LogP contribution in [0.1, 0.15) is 30.4 Å². The van der Waals surface area contributed by atoms with Crippen molar-refractivity contribution in [3.05, 3.63) is 23.3 Å². The smallest absolute Gasteiger partial charge is 0.221 e. The van der Waals surface area contributed by atoms with Gasteiger partial charge in [-0.15, -0.1) is 0 Å². The molecule has 0 aliphatic heterocycles. The second-order valence-corrected chi connectivity index (χ2v) is 4.63. The molecule has 4 heteroatoms. The fraction of sp³-hybridized carbons (Fsp3) is 0.500. The van der Waals surface area contributed by atoms with Crippen LogP contribution in [0, 0.1) is 5.92 Å². The summed E-state index contributed by atoms with van der Waals surface area (Å²) >= 11 is 0. The molecular weight excluding hydrogens is 230 g/mol. The van der Waals surface area contributed by atoms with Gasteiger partial charge in [0, 0.05) is 5.92 Å². The summed E-state index contributed by atoms with van der Waals surface area (Å²) in [6.07, 6.45) is 1.60. The minimum absolute atomic E-state index is 0.109. The van der Waals surface area contributed by atoms with Crippen LogP contribution < -0.4 is 15.2 Å². The molecule has 0 bridgehead atoms. The van der Waals surface area contributed by atoms with Crippen molar-refractivity contribution >= 4 is 5.91 Å². The zero-order valence-electron chi connectivity index (χ0n) is 11.0. The monoisotopic (exact) mass is 249 g/mol. The average Bonchev–Trinajstić information content (AvgIpc) is 2.74. The molecule has 0 saturated heterocycles. The Morgan fingerprint density at radius 2 is 1.94 bits per heavy atom. The molecule has 0 radical (unpaired) electrons. The van der Waals surface area contributed by atoms with Gasteiger partial charge in [-0.2, -0.15) is 0 Å². The molecule has 1 aliphatic rings. The van der Waals surface area contributed by atoms with Crippen molar-refractivity contribution in [3.63, 3.8) is 0 Å². The van der Waals surface area contributed by atoms with Crippen LogP contribution in [-0.2, 0) is 11.2 Å². The number of ether oxygens (including phenoxy) is 2. The Balaban J connectivity index is 2.47. The Morgan fingerprint density at radius 3 is 2.44 bits per heavy atom. The first-order valence-electron chi connectivity index (χ1n) is 6.16. The molecule has 2 atom stereocenters. The summed E-state index contributed by atoms with van der Waals surface area (Å²) in [5.41, 5.74) is 7.79. The molecule has 1 aromatic carbocycles. The van der Waals surface area contributed by atoms with Gasteiger partial charge in [-0.1, -0.05) is 6.92 Å². The molecule has 18 heavy (non-hydrogen) atoms. The number of hydrogen-bond acceptors (Lipinski definition) is 3. The molecule has 1 amide bonds. The van der Waals surface area contributed by atoms with E-state index >= 15 is 0 Å². The standard InChI is InChI=1S/C14H19NO3/c1-4-9-10-7-13(18-3)12(17-2)6-8(10)5-11(9)14(15)16/h6-7,9,11H,4-5H2,1-3H3,(H2,15,16). The zero-order valence-corrected chi connectivity index (χ0v) is 11.0. The van der Waals surface area contributed by atoms with Crippen molar-refractivity contribution in [1.29, 1.82) is 0 Å². The van der Waals surface area contributed by atoms with Crippen molar-refractivity contribution in [1.82, 2.24) is 0 Å². The number of nitrogens with two attached hydrogens (primary N) is 1. The topological polar surface area (TPSA) is 61.6 Å². The molecule has 0 spiro atoms. The molecule has 0 fully saturated rings. The van der Waals surface area contributed by atoms with E-state index in [4.69, 9.17) is 15.2 Å². The van der Waals surface area contributed by atoms with Gasteiger partial charge < -0.3 is 15.2 Å². The van der Waals surface area contributed by atoms with Crippen LogP contribution in [0.2, 0.25) is 0 Å². The maximum Gasteiger partial charge on any atom is 0.221 e. The minimum Gasteiger partial charge on any atom is -0.493 e. The van der Waals surface area contributed by atoms with E-state index in [1.165, 1.54) is 5.56 Å². The lowest BCUT2D eigenvalue weighted by Gasteiger charge is -2.16. The fourth-order valence-electron chi connectivity index (χ4n) is 2.86. The Hall–Kier alpha value is -1.71. The van der Waals surface area contributed by atoms with Crippen LogP contribution in [0.4, 0.5) is 0 Å². The van der Waals surface area contributed by atoms with Crippen molar-refractivity contribution in [3.8, 4) is 11.5 Å². The first-order valence-corrected chi connectivity index (χ1v) is 6.16. The lowest BCUT2D eigenvalue weighted by Crippen LogP contribution is -2.26. The van der Waals surface area contributed by atoms with Crippen molar-refractivity contribution in [2.45, 2.75) is 25.7 Å². The quantitative estimate of drug-likeness (QED) is 0.885. The number of methoxy groups -OCH3 is 2. The number of amides is 1.